The number of hydrogen-bond acceptors (Lipinski definition) is 2. The van der Waals surface area contributed by atoms with Gasteiger partial charge in [0.1, 0.15) is 0 Å². The Bertz CT molecular complexity index is 117. The lowest BCUT2D eigenvalue weighted by molar-refractivity contribution is -0.192. The molecule has 1 heterocycles. The summed E-state index contributed by atoms with van der Waals surface area (Å²) in [6.07, 6.45) is -5.08. The van der Waals surface area contributed by atoms with E-state index in [9.17, 15) is 13.2 Å². The van der Waals surface area contributed by atoms with Crippen molar-refractivity contribution in [1.29, 1.82) is 0 Å². The molecule has 10 heavy (non-hydrogen) atoms. The monoisotopic (exact) mass is 174 g/mol. The predicted octanol–water partition coefficient (Wildman–Crippen LogP) is 1.37. The molecule has 1 N–H and O–H groups in total. The summed E-state index contributed by atoms with van der Waals surface area (Å²) in [6, 6.07) is 0. The second-order valence-corrected chi connectivity index (χ2v) is 2.64. The molecule has 6 heteroatoms. The van der Waals surface area contributed by atoms with Crippen molar-refractivity contribution in [1.82, 2.24) is 0 Å². The molecule has 0 aromatic heterocycles. The van der Waals surface area contributed by atoms with Crippen LogP contribution in [0.3, 0.4) is 0 Å². The summed E-state index contributed by atoms with van der Waals surface area (Å²) in [7, 11) is 0. The maximum Gasteiger partial charge on any atom is 0.490 e. The van der Waals surface area contributed by atoms with E-state index in [0.29, 0.717) is 0 Å². The van der Waals surface area contributed by atoms with Crippen LogP contribution in [0.15, 0.2) is 0 Å². The minimum atomic E-state index is -5.08. The van der Waals surface area contributed by atoms with Crippen LogP contribution in [0.5, 0.6) is 0 Å². The molecule has 1 aliphatic rings. The Hall–Kier alpha value is -0.390. The Balaban J connectivity index is 0.000000219. The number of hydrogen-bond donors (Lipinski definition) is 1. The fraction of sp³-hybridized carbons (Fsp3) is 0.750. The van der Waals surface area contributed by atoms with Crippen molar-refractivity contribution < 1.29 is 23.1 Å². The highest BCUT2D eigenvalue weighted by molar-refractivity contribution is 8.06. The number of halogens is 3. The summed E-state index contributed by atoms with van der Waals surface area (Å²) in [5.41, 5.74) is 0. The molecule has 0 atom stereocenters. The number of alkyl halides is 3. The van der Waals surface area contributed by atoms with Gasteiger partial charge in [-0.05, 0) is 0 Å². The lowest BCUT2D eigenvalue weighted by Gasteiger charge is -1.93. The van der Waals surface area contributed by atoms with Crippen molar-refractivity contribution in [2.45, 2.75) is 6.18 Å². The fourth-order valence-corrected chi connectivity index (χ4v) is 0. The summed E-state index contributed by atoms with van der Waals surface area (Å²) in [5, 5.41) is 7.12. The van der Waals surface area contributed by atoms with Crippen LogP contribution in [0.25, 0.3) is 0 Å². The molecule has 0 unspecified atom stereocenters. The van der Waals surface area contributed by atoms with Crippen LogP contribution in [-0.4, -0.2) is 28.8 Å². The van der Waals surface area contributed by atoms with E-state index in [1.54, 1.807) is 0 Å². The molecule has 0 radical (unpaired) electrons. The summed E-state index contributed by atoms with van der Waals surface area (Å²) in [6.45, 7) is 0. The van der Waals surface area contributed by atoms with Crippen molar-refractivity contribution >= 4 is 17.7 Å². The zero-order valence-electron chi connectivity index (χ0n) is 4.81. The van der Waals surface area contributed by atoms with E-state index in [1.165, 1.54) is 11.5 Å². The molecule has 2 nitrogen and oxygen atoms in total. The van der Waals surface area contributed by atoms with E-state index in [4.69, 9.17) is 9.90 Å². The van der Waals surface area contributed by atoms with Gasteiger partial charge in [-0.2, -0.15) is 24.9 Å². The fourth-order valence-electron chi connectivity index (χ4n) is 0. The molecule has 0 bridgehead atoms. The van der Waals surface area contributed by atoms with Gasteiger partial charge in [-0.3, -0.25) is 0 Å². The maximum absolute atomic E-state index is 10.6. The Morgan fingerprint density at radius 3 is 1.60 bits per heavy atom. The molecule has 0 aromatic rings. The Kier molecular flexibility index (Phi) is 3.55. The van der Waals surface area contributed by atoms with E-state index in [2.05, 4.69) is 0 Å². The van der Waals surface area contributed by atoms with Gasteiger partial charge in [-0.1, -0.05) is 0 Å². The summed E-state index contributed by atoms with van der Waals surface area (Å²) >= 11 is 2.00. The first kappa shape index (κ1) is 9.61. The quantitative estimate of drug-likeness (QED) is 0.563. The number of carboxylic acid groups (broad SMARTS) is 1. The van der Waals surface area contributed by atoms with Crippen LogP contribution >= 0.6 is 11.8 Å². The molecule has 0 amide bonds. The largest absolute Gasteiger partial charge is 0.490 e. The molecule has 1 aliphatic heterocycles. The highest BCUT2D eigenvalue weighted by Gasteiger charge is 2.38. The minimum absolute atomic E-state index is 1.42. The summed E-state index contributed by atoms with van der Waals surface area (Å²) < 4.78 is 31.7. The SMILES string of the molecule is C1CS1.O=C(O)C(F)(F)F. The average Bonchev–Trinajstić information content (AvgIpc) is 2.42. The van der Waals surface area contributed by atoms with Crippen molar-refractivity contribution in [3.8, 4) is 0 Å². The lowest BCUT2D eigenvalue weighted by Crippen LogP contribution is -2.21. The Morgan fingerprint density at radius 1 is 1.40 bits per heavy atom. The normalized spacial score (nSPS) is 15.1. The van der Waals surface area contributed by atoms with Crippen LogP contribution in [0.4, 0.5) is 13.2 Å². The van der Waals surface area contributed by atoms with Crippen molar-refractivity contribution in [3.05, 3.63) is 0 Å². The van der Waals surface area contributed by atoms with E-state index in [1.807, 2.05) is 11.8 Å². The van der Waals surface area contributed by atoms with Crippen molar-refractivity contribution in [2.24, 2.45) is 0 Å². The van der Waals surface area contributed by atoms with Crippen LogP contribution in [0, 0.1) is 0 Å². The first-order chi connectivity index (χ1) is 4.44. The molecule has 0 saturated carbocycles. The lowest BCUT2D eigenvalue weighted by atomic mass is 10.7. The molecule has 1 rings (SSSR count). The van der Waals surface area contributed by atoms with Crippen molar-refractivity contribution in [3.63, 3.8) is 0 Å². The minimum Gasteiger partial charge on any atom is -0.475 e. The first-order valence-electron chi connectivity index (χ1n) is 2.32. The molecule has 1 saturated heterocycles. The Morgan fingerprint density at radius 2 is 1.60 bits per heavy atom. The summed E-state index contributed by atoms with van der Waals surface area (Å²) in [4.78, 5) is 8.90. The molecular weight excluding hydrogens is 169 g/mol. The molecule has 1 fully saturated rings. The highest BCUT2D eigenvalue weighted by Crippen LogP contribution is 2.14. The molecule has 0 spiro atoms. The second kappa shape index (κ2) is 3.70. The zero-order chi connectivity index (χ0) is 8.20. The van der Waals surface area contributed by atoms with Gasteiger partial charge in [0, 0.05) is 11.5 Å². The average molecular weight is 174 g/mol. The topological polar surface area (TPSA) is 37.3 Å². The number of thioether (sulfide) groups is 1. The van der Waals surface area contributed by atoms with Gasteiger partial charge in [-0.15, -0.1) is 0 Å². The highest BCUT2D eigenvalue weighted by atomic mass is 32.2. The van der Waals surface area contributed by atoms with Crippen LogP contribution in [0.1, 0.15) is 0 Å². The third kappa shape index (κ3) is 7.61. The van der Waals surface area contributed by atoms with E-state index in [0.717, 1.165) is 0 Å². The first-order valence-corrected chi connectivity index (χ1v) is 3.48. The molecule has 60 valence electrons. The van der Waals surface area contributed by atoms with E-state index in [-0.39, 0.29) is 0 Å². The third-order valence-electron chi connectivity index (χ3n) is 0.447. The van der Waals surface area contributed by atoms with Gasteiger partial charge < -0.3 is 5.11 Å². The second-order valence-electron chi connectivity index (χ2n) is 1.42. The van der Waals surface area contributed by atoms with Crippen LogP contribution in [-0.2, 0) is 4.79 Å². The zero-order valence-corrected chi connectivity index (χ0v) is 5.63. The van der Waals surface area contributed by atoms with Gasteiger partial charge in [0.05, 0.1) is 0 Å². The van der Waals surface area contributed by atoms with Crippen LogP contribution < -0.4 is 0 Å². The maximum atomic E-state index is 10.6. The van der Waals surface area contributed by atoms with Gasteiger partial charge in [-0.25, -0.2) is 4.79 Å². The van der Waals surface area contributed by atoms with E-state index >= 15 is 0 Å². The summed E-state index contributed by atoms with van der Waals surface area (Å²) in [5.74, 6) is 0.0764. The number of aliphatic carboxylic acids is 1. The predicted molar refractivity (Wildman–Crippen MR) is 31.0 cm³/mol. The van der Waals surface area contributed by atoms with E-state index < -0.39 is 12.1 Å². The molecular formula is C4H5F3O2S. The van der Waals surface area contributed by atoms with Gasteiger partial charge in [0.2, 0.25) is 0 Å². The van der Waals surface area contributed by atoms with Gasteiger partial charge in [0.15, 0.2) is 0 Å². The standard InChI is InChI=1S/C2HF3O2.C2H4S/c3-2(4,5)1(6)7;1-2-3-1/h(H,6,7);1-2H2. The Labute approximate surface area is 59.4 Å². The van der Waals surface area contributed by atoms with Crippen molar-refractivity contribution in [2.75, 3.05) is 11.5 Å². The molecule has 0 aromatic carbocycles. The van der Waals surface area contributed by atoms with Gasteiger partial charge >= 0.3 is 12.1 Å². The van der Waals surface area contributed by atoms with Gasteiger partial charge in [0.25, 0.3) is 0 Å². The van der Waals surface area contributed by atoms with Crippen LogP contribution in [0.2, 0.25) is 0 Å². The number of rotatable bonds is 0. The smallest absolute Gasteiger partial charge is 0.475 e. The number of carbonyl (C=O) groups is 1. The number of carboxylic acids is 1. The third-order valence-corrected chi connectivity index (χ3v) is 0.855. The molecule has 0 aliphatic carbocycles.